The lowest BCUT2D eigenvalue weighted by molar-refractivity contribution is 0.303. The molecular weight excluding hydrogens is 249 g/mol. The van der Waals surface area contributed by atoms with Gasteiger partial charge in [-0.05, 0) is 19.9 Å². The zero-order valence-corrected chi connectivity index (χ0v) is 10.1. The third kappa shape index (κ3) is 2.58. The minimum atomic E-state index is -1.11. The molecule has 0 radical (unpaired) electrons. The van der Waals surface area contributed by atoms with Crippen LogP contribution in [0.4, 0.5) is 4.39 Å². The maximum absolute atomic E-state index is 13.2. The van der Waals surface area contributed by atoms with Crippen LogP contribution in [0.15, 0.2) is 9.59 Å². The minimum absolute atomic E-state index is 0.162. The van der Waals surface area contributed by atoms with Crippen molar-refractivity contribution < 1.29 is 4.39 Å². The van der Waals surface area contributed by atoms with Gasteiger partial charge in [0.1, 0.15) is 0 Å². The van der Waals surface area contributed by atoms with E-state index >= 15 is 0 Å². The first-order valence-electron chi connectivity index (χ1n) is 5.39. The molecule has 0 spiro atoms. The van der Waals surface area contributed by atoms with Gasteiger partial charge in [0, 0.05) is 19.1 Å². The number of aromatic nitrogens is 2. The number of likely N-dealkylation sites (N-methyl/N-ethyl adjacent to an activating group) is 1. The number of rotatable bonds is 4. The molecule has 0 atom stereocenters. The van der Waals surface area contributed by atoms with E-state index in [1.54, 1.807) is 0 Å². The fraction of sp³-hybridized carbons (Fsp3) is 0.600. The Kier molecular flexibility index (Phi) is 3.35. The van der Waals surface area contributed by atoms with Crippen molar-refractivity contribution >= 4 is 11.6 Å². The van der Waals surface area contributed by atoms with Crippen LogP contribution in [0, 0.1) is 5.82 Å². The summed E-state index contributed by atoms with van der Waals surface area (Å²) in [7, 11) is 1.92. The van der Waals surface area contributed by atoms with Crippen LogP contribution >= 0.6 is 11.6 Å². The first kappa shape index (κ1) is 12.3. The van der Waals surface area contributed by atoms with Gasteiger partial charge in [0.25, 0.3) is 5.56 Å². The molecule has 94 valence electrons. The zero-order valence-electron chi connectivity index (χ0n) is 9.37. The molecule has 0 unspecified atom stereocenters. The van der Waals surface area contributed by atoms with Crippen molar-refractivity contribution in [3.8, 4) is 0 Å². The van der Waals surface area contributed by atoms with E-state index in [-0.39, 0.29) is 6.54 Å². The molecule has 1 fully saturated rings. The third-order valence-electron chi connectivity index (χ3n) is 2.93. The lowest BCUT2D eigenvalue weighted by Gasteiger charge is -2.15. The fourth-order valence-electron chi connectivity index (χ4n) is 1.68. The van der Waals surface area contributed by atoms with Crippen LogP contribution in [0.2, 0.25) is 5.15 Å². The summed E-state index contributed by atoms with van der Waals surface area (Å²) in [4.78, 5) is 27.1. The molecule has 1 heterocycles. The van der Waals surface area contributed by atoms with Gasteiger partial charge in [-0.15, -0.1) is 0 Å². The number of hydrogen-bond acceptors (Lipinski definition) is 3. The predicted molar refractivity (Wildman–Crippen MR) is 61.9 cm³/mol. The van der Waals surface area contributed by atoms with Crippen molar-refractivity contribution in [3.05, 3.63) is 31.8 Å². The molecule has 1 aliphatic rings. The first-order chi connectivity index (χ1) is 8.00. The Bertz CT molecular complexity index is 535. The number of aromatic amines is 1. The van der Waals surface area contributed by atoms with Gasteiger partial charge >= 0.3 is 5.69 Å². The standard InChI is InChI=1S/C10H13ClFN3O2/c1-14(6-2-3-6)4-5-15-9(16)7(12)8(11)13-10(15)17/h6H,2-5H2,1H3,(H,13,17). The lowest BCUT2D eigenvalue weighted by Crippen LogP contribution is -2.40. The molecule has 0 saturated heterocycles. The lowest BCUT2D eigenvalue weighted by atomic mass is 10.5. The smallest absolute Gasteiger partial charge is 0.302 e. The van der Waals surface area contributed by atoms with Gasteiger partial charge in [-0.2, -0.15) is 4.39 Å². The monoisotopic (exact) mass is 261 g/mol. The normalized spacial score (nSPS) is 15.5. The maximum Gasteiger partial charge on any atom is 0.329 e. The number of nitrogens with zero attached hydrogens (tertiary/aromatic N) is 2. The van der Waals surface area contributed by atoms with Gasteiger partial charge in [0.2, 0.25) is 5.82 Å². The molecule has 1 N–H and O–H groups in total. The van der Waals surface area contributed by atoms with Crippen LogP contribution in [0.3, 0.4) is 0 Å². The Morgan fingerprint density at radius 3 is 2.76 bits per heavy atom. The Labute approximate surface area is 102 Å². The highest BCUT2D eigenvalue weighted by Gasteiger charge is 2.25. The summed E-state index contributed by atoms with van der Waals surface area (Å²) in [6.07, 6.45) is 2.27. The quantitative estimate of drug-likeness (QED) is 0.800. The molecule has 0 aromatic carbocycles. The molecule has 7 heteroatoms. The molecule has 5 nitrogen and oxygen atoms in total. The molecule has 0 bridgehead atoms. The molecule has 2 rings (SSSR count). The van der Waals surface area contributed by atoms with Crippen LogP contribution in [0.1, 0.15) is 12.8 Å². The summed E-state index contributed by atoms with van der Waals surface area (Å²) in [5.41, 5.74) is -1.64. The summed E-state index contributed by atoms with van der Waals surface area (Å²) < 4.78 is 14.1. The van der Waals surface area contributed by atoms with Crippen LogP contribution in [-0.4, -0.2) is 34.1 Å². The van der Waals surface area contributed by atoms with Crippen molar-refractivity contribution in [1.82, 2.24) is 14.5 Å². The molecule has 1 aromatic rings. The molecule has 0 amide bonds. The van der Waals surface area contributed by atoms with Gasteiger partial charge < -0.3 is 4.90 Å². The van der Waals surface area contributed by atoms with Crippen LogP contribution in [0.25, 0.3) is 0 Å². The fourth-order valence-corrected chi connectivity index (χ4v) is 1.84. The number of hydrogen-bond donors (Lipinski definition) is 1. The second-order valence-corrected chi connectivity index (χ2v) is 4.60. The first-order valence-corrected chi connectivity index (χ1v) is 5.77. The van der Waals surface area contributed by atoms with Gasteiger partial charge in [-0.25, -0.2) is 4.79 Å². The SMILES string of the molecule is CN(CCn1c(=O)[nH]c(Cl)c(F)c1=O)C1CC1. The average Bonchev–Trinajstić information content (AvgIpc) is 3.09. The Morgan fingerprint density at radius 1 is 1.53 bits per heavy atom. The van der Waals surface area contributed by atoms with Gasteiger partial charge in [0.15, 0.2) is 5.15 Å². The molecule has 1 saturated carbocycles. The van der Waals surface area contributed by atoms with E-state index in [0.29, 0.717) is 12.6 Å². The highest BCUT2D eigenvalue weighted by molar-refractivity contribution is 6.29. The van der Waals surface area contributed by atoms with E-state index in [9.17, 15) is 14.0 Å². The molecule has 1 aliphatic carbocycles. The molecule has 1 aromatic heterocycles. The van der Waals surface area contributed by atoms with Crippen molar-refractivity contribution in [2.45, 2.75) is 25.4 Å². The van der Waals surface area contributed by atoms with E-state index in [1.807, 2.05) is 7.05 Å². The van der Waals surface area contributed by atoms with Gasteiger partial charge in [-0.1, -0.05) is 11.6 Å². The number of halogens is 2. The summed E-state index contributed by atoms with van der Waals surface area (Å²) >= 11 is 5.36. The highest BCUT2D eigenvalue weighted by Crippen LogP contribution is 2.24. The summed E-state index contributed by atoms with van der Waals surface area (Å²) in [5, 5.41) is -0.535. The second-order valence-electron chi connectivity index (χ2n) is 4.23. The van der Waals surface area contributed by atoms with Crippen LogP contribution in [-0.2, 0) is 6.54 Å². The summed E-state index contributed by atoms with van der Waals surface area (Å²) in [6, 6.07) is 0.530. The van der Waals surface area contributed by atoms with Crippen LogP contribution in [0.5, 0.6) is 0 Å². The van der Waals surface area contributed by atoms with Crippen molar-refractivity contribution in [1.29, 1.82) is 0 Å². The Morgan fingerprint density at radius 2 is 2.18 bits per heavy atom. The summed E-state index contributed by atoms with van der Waals surface area (Å²) in [5.74, 6) is -1.11. The topological polar surface area (TPSA) is 58.1 Å². The zero-order chi connectivity index (χ0) is 12.6. The highest BCUT2D eigenvalue weighted by atomic mass is 35.5. The largest absolute Gasteiger partial charge is 0.329 e. The van der Waals surface area contributed by atoms with Crippen LogP contribution < -0.4 is 11.2 Å². The van der Waals surface area contributed by atoms with E-state index < -0.39 is 22.2 Å². The van der Waals surface area contributed by atoms with Crippen molar-refractivity contribution in [2.75, 3.05) is 13.6 Å². The minimum Gasteiger partial charge on any atom is -0.302 e. The third-order valence-corrected chi connectivity index (χ3v) is 3.19. The van der Waals surface area contributed by atoms with E-state index in [2.05, 4.69) is 9.88 Å². The van der Waals surface area contributed by atoms with E-state index in [0.717, 1.165) is 17.4 Å². The number of nitrogens with one attached hydrogen (secondary N) is 1. The van der Waals surface area contributed by atoms with Gasteiger partial charge in [0.05, 0.1) is 0 Å². The molecule has 17 heavy (non-hydrogen) atoms. The van der Waals surface area contributed by atoms with Gasteiger partial charge in [-0.3, -0.25) is 14.3 Å². The molecule has 0 aliphatic heterocycles. The van der Waals surface area contributed by atoms with Crippen molar-refractivity contribution in [2.24, 2.45) is 0 Å². The van der Waals surface area contributed by atoms with Crippen molar-refractivity contribution in [3.63, 3.8) is 0 Å². The summed E-state index contributed by atoms with van der Waals surface area (Å²) in [6.45, 7) is 0.698. The Balaban J connectivity index is 2.18. The number of H-pyrrole nitrogens is 1. The average molecular weight is 262 g/mol. The van der Waals surface area contributed by atoms with E-state index in [4.69, 9.17) is 11.6 Å². The Hall–Kier alpha value is -1.14. The second kappa shape index (κ2) is 4.62. The van der Waals surface area contributed by atoms with E-state index in [1.165, 1.54) is 0 Å². The molecular formula is C10H13ClFN3O2. The predicted octanol–water partition coefficient (Wildman–Crippen LogP) is 0.423. The maximum atomic E-state index is 13.2.